The van der Waals surface area contributed by atoms with Gasteiger partial charge in [-0.15, -0.1) is 0 Å². The number of nitrogens with zero attached hydrogens (tertiary/aromatic N) is 2. The lowest BCUT2D eigenvalue weighted by molar-refractivity contribution is -0.137. The second kappa shape index (κ2) is 12.3. The van der Waals surface area contributed by atoms with E-state index in [-0.39, 0.29) is 30.6 Å². The average Bonchev–Trinajstić information content (AvgIpc) is 3.65. The summed E-state index contributed by atoms with van der Waals surface area (Å²) in [4.78, 5) is 56.2. The minimum absolute atomic E-state index is 0.148. The van der Waals surface area contributed by atoms with Gasteiger partial charge in [-0.1, -0.05) is 54.6 Å². The number of pyridine rings is 1. The van der Waals surface area contributed by atoms with E-state index >= 15 is 0 Å². The Bertz CT molecular complexity index is 1920. The fourth-order valence-corrected chi connectivity index (χ4v) is 6.13. The molecule has 1 saturated heterocycles. The first kappa shape index (κ1) is 29.0. The highest BCUT2D eigenvalue weighted by Crippen LogP contribution is 2.33. The summed E-state index contributed by atoms with van der Waals surface area (Å²) in [5.74, 6) is -0.454. The van der Waals surface area contributed by atoms with Gasteiger partial charge in [0, 0.05) is 59.7 Å². The maximum atomic E-state index is 13.2. The van der Waals surface area contributed by atoms with Gasteiger partial charge in [-0.25, -0.2) is 0 Å². The predicted octanol–water partition coefficient (Wildman–Crippen LogP) is 4.65. The van der Waals surface area contributed by atoms with Gasteiger partial charge in [0.1, 0.15) is 23.4 Å². The third-order valence-corrected chi connectivity index (χ3v) is 8.50. The first-order valence-electron chi connectivity index (χ1n) is 15.2. The summed E-state index contributed by atoms with van der Waals surface area (Å²) in [6.45, 7) is 0.802. The van der Waals surface area contributed by atoms with E-state index in [2.05, 4.69) is 20.9 Å². The van der Waals surface area contributed by atoms with Crippen molar-refractivity contribution in [1.82, 2.24) is 20.5 Å². The number of benzene rings is 3. The molecular formula is C36H31N5O5. The Morgan fingerprint density at radius 1 is 0.978 bits per heavy atom. The number of aromatic nitrogens is 1. The number of carbonyl (C=O) groups excluding carboxylic acids is 4. The lowest BCUT2D eigenvalue weighted by Crippen LogP contribution is -2.52. The largest absolute Gasteiger partial charge is 0.459 e. The summed E-state index contributed by atoms with van der Waals surface area (Å²) in [6.07, 6.45) is 4.14. The molecular weight excluding hydrogens is 582 g/mol. The SMILES string of the molecule is O=C1CCC(N2Cc3c(NCc4ccc(CC(=O)NC(c5cccnc5)c5cc6ccccc6o5)cc4)cccc3C2=O)C(=O)N1. The minimum atomic E-state index is -0.659. The molecule has 1 fully saturated rings. The van der Waals surface area contributed by atoms with Gasteiger partial charge < -0.3 is 20.0 Å². The Labute approximate surface area is 264 Å². The van der Waals surface area contributed by atoms with Gasteiger partial charge in [-0.05, 0) is 47.9 Å². The zero-order valence-electron chi connectivity index (χ0n) is 24.9. The van der Waals surface area contributed by atoms with Crippen molar-refractivity contribution in [3.05, 3.63) is 131 Å². The van der Waals surface area contributed by atoms with Gasteiger partial charge in [-0.3, -0.25) is 29.5 Å². The number of para-hydroxylation sites is 1. The normalized spacial score (nSPS) is 16.7. The quantitative estimate of drug-likeness (QED) is 0.206. The molecule has 2 aliphatic heterocycles. The van der Waals surface area contributed by atoms with E-state index in [1.165, 1.54) is 0 Å². The second-order valence-corrected chi connectivity index (χ2v) is 11.6. The van der Waals surface area contributed by atoms with Gasteiger partial charge in [0.05, 0.1) is 6.42 Å². The Morgan fingerprint density at radius 3 is 2.59 bits per heavy atom. The number of hydrogen-bond acceptors (Lipinski definition) is 7. The molecule has 2 aliphatic rings. The van der Waals surface area contributed by atoms with Crippen LogP contribution in [0.1, 0.15) is 57.3 Å². The topological polar surface area (TPSA) is 134 Å². The number of anilines is 1. The molecule has 4 heterocycles. The lowest BCUT2D eigenvalue weighted by atomic mass is 10.0. The van der Waals surface area contributed by atoms with Crippen LogP contribution in [0.5, 0.6) is 0 Å². The van der Waals surface area contributed by atoms with Crippen LogP contribution in [-0.2, 0) is 33.9 Å². The molecule has 2 unspecified atom stereocenters. The second-order valence-electron chi connectivity index (χ2n) is 11.6. The highest BCUT2D eigenvalue weighted by molar-refractivity contribution is 6.06. The van der Waals surface area contributed by atoms with Gasteiger partial charge >= 0.3 is 0 Å². The first-order chi connectivity index (χ1) is 22.4. The Kier molecular flexibility index (Phi) is 7.76. The van der Waals surface area contributed by atoms with Gasteiger partial charge in [0.2, 0.25) is 17.7 Å². The first-order valence-corrected chi connectivity index (χ1v) is 15.2. The van der Waals surface area contributed by atoms with Crippen LogP contribution in [0.3, 0.4) is 0 Å². The molecule has 5 aromatic rings. The van der Waals surface area contributed by atoms with E-state index < -0.39 is 18.0 Å². The van der Waals surface area contributed by atoms with E-state index in [4.69, 9.17) is 4.42 Å². The van der Waals surface area contributed by atoms with Crippen molar-refractivity contribution in [2.75, 3.05) is 5.32 Å². The number of furan rings is 1. The van der Waals surface area contributed by atoms with Crippen LogP contribution in [0.15, 0.2) is 102 Å². The third kappa shape index (κ3) is 5.84. The molecule has 3 aromatic carbocycles. The number of fused-ring (bicyclic) bond motifs is 2. The monoisotopic (exact) mass is 613 g/mol. The van der Waals surface area contributed by atoms with Crippen LogP contribution in [0.4, 0.5) is 5.69 Å². The standard InChI is InChI=1S/C36H31N5O5/c42-32-15-14-29(35(44)40-32)41-21-27-26(36(41)45)7-3-8-28(27)38-19-23-12-10-22(11-13-23)17-33(43)39-34(25-6-4-16-37-20-25)31-18-24-5-1-2-9-30(24)46-31/h1-13,16,18,20,29,34,38H,14-15,17,19,21H2,(H,39,43)(H,40,42,44). The predicted molar refractivity (Wildman–Crippen MR) is 170 cm³/mol. The summed E-state index contributed by atoms with van der Waals surface area (Å²) < 4.78 is 6.09. The molecule has 4 amide bonds. The molecule has 46 heavy (non-hydrogen) atoms. The van der Waals surface area contributed by atoms with Crippen LogP contribution in [-0.4, -0.2) is 39.6 Å². The van der Waals surface area contributed by atoms with Gasteiger partial charge in [-0.2, -0.15) is 0 Å². The molecule has 0 spiro atoms. The van der Waals surface area contributed by atoms with Crippen molar-refractivity contribution in [2.24, 2.45) is 0 Å². The molecule has 0 saturated carbocycles. The van der Waals surface area contributed by atoms with Crippen molar-refractivity contribution in [1.29, 1.82) is 0 Å². The van der Waals surface area contributed by atoms with E-state index in [0.29, 0.717) is 30.8 Å². The fraction of sp³-hybridized carbons (Fsp3) is 0.194. The average molecular weight is 614 g/mol. The molecule has 230 valence electrons. The van der Waals surface area contributed by atoms with Crippen molar-refractivity contribution in [3.63, 3.8) is 0 Å². The smallest absolute Gasteiger partial charge is 0.255 e. The molecule has 10 nitrogen and oxygen atoms in total. The highest BCUT2D eigenvalue weighted by atomic mass is 16.3. The third-order valence-electron chi connectivity index (χ3n) is 8.50. The Hall–Kier alpha value is -5.77. The minimum Gasteiger partial charge on any atom is -0.459 e. The maximum Gasteiger partial charge on any atom is 0.255 e. The van der Waals surface area contributed by atoms with Crippen molar-refractivity contribution in [3.8, 4) is 0 Å². The van der Waals surface area contributed by atoms with Crippen LogP contribution in [0.2, 0.25) is 0 Å². The number of hydrogen-bond donors (Lipinski definition) is 3. The summed E-state index contributed by atoms with van der Waals surface area (Å²) in [5.41, 5.74) is 5.65. The van der Waals surface area contributed by atoms with Gasteiger partial charge in [0.25, 0.3) is 5.91 Å². The van der Waals surface area contributed by atoms with Crippen LogP contribution in [0, 0.1) is 0 Å². The Morgan fingerprint density at radius 2 is 1.80 bits per heavy atom. The number of amides is 4. The molecule has 0 radical (unpaired) electrons. The van der Waals surface area contributed by atoms with Crippen LogP contribution in [0.25, 0.3) is 11.0 Å². The fourth-order valence-electron chi connectivity index (χ4n) is 6.13. The number of imide groups is 1. The zero-order valence-corrected chi connectivity index (χ0v) is 24.9. The molecule has 10 heteroatoms. The number of rotatable bonds is 9. The number of carbonyl (C=O) groups is 4. The maximum absolute atomic E-state index is 13.2. The zero-order chi connectivity index (χ0) is 31.6. The van der Waals surface area contributed by atoms with Crippen molar-refractivity contribution in [2.45, 2.75) is 44.4 Å². The summed E-state index contributed by atoms with van der Waals surface area (Å²) in [7, 11) is 0. The summed E-state index contributed by atoms with van der Waals surface area (Å²) in [6, 6.07) is 25.6. The van der Waals surface area contributed by atoms with Crippen molar-refractivity contribution < 1.29 is 23.6 Å². The molecule has 0 bridgehead atoms. The van der Waals surface area contributed by atoms with Crippen LogP contribution < -0.4 is 16.0 Å². The number of piperidine rings is 1. The lowest BCUT2D eigenvalue weighted by Gasteiger charge is -2.29. The van der Waals surface area contributed by atoms with E-state index in [9.17, 15) is 19.2 Å². The molecule has 0 aliphatic carbocycles. The molecule has 3 N–H and O–H groups in total. The summed E-state index contributed by atoms with van der Waals surface area (Å²) >= 11 is 0. The van der Waals surface area contributed by atoms with E-state index in [1.807, 2.05) is 78.9 Å². The number of nitrogens with one attached hydrogen (secondary N) is 3. The highest BCUT2D eigenvalue weighted by Gasteiger charge is 2.39. The molecule has 2 aromatic heterocycles. The van der Waals surface area contributed by atoms with E-state index in [0.717, 1.165) is 38.9 Å². The van der Waals surface area contributed by atoms with Gasteiger partial charge in [0.15, 0.2) is 0 Å². The summed E-state index contributed by atoms with van der Waals surface area (Å²) in [5, 5.41) is 9.85. The van der Waals surface area contributed by atoms with Crippen LogP contribution >= 0.6 is 0 Å². The molecule has 7 rings (SSSR count). The molecule has 2 atom stereocenters. The van der Waals surface area contributed by atoms with E-state index in [1.54, 1.807) is 23.4 Å². The van der Waals surface area contributed by atoms with Crippen molar-refractivity contribution >= 4 is 40.3 Å². The Balaban J connectivity index is 0.993.